The second kappa shape index (κ2) is 3.08. The van der Waals surface area contributed by atoms with Gasteiger partial charge in [-0.25, -0.2) is 8.78 Å². The first kappa shape index (κ1) is 8.96. The van der Waals surface area contributed by atoms with E-state index in [0.29, 0.717) is 6.07 Å². The van der Waals surface area contributed by atoms with Crippen molar-refractivity contribution in [1.82, 2.24) is 0 Å². The van der Waals surface area contributed by atoms with Crippen molar-refractivity contribution in [1.29, 1.82) is 0 Å². The lowest BCUT2D eigenvalue weighted by Crippen LogP contribution is -2.30. The van der Waals surface area contributed by atoms with Crippen molar-refractivity contribution < 1.29 is 18.8 Å². The number of hydrogen-bond acceptors (Lipinski definition) is 3. The minimum atomic E-state index is -1.84. The van der Waals surface area contributed by atoms with Crippen LogP contribution in [0.1, 0.15) is 0 Å². The van der Waals surface area contributed by atoms with E-state index in [1.54, 1.807) is 0 Å². The fourth-order valence-electron chi connectivity index (χ4n) is 0.781. The Morgan fingerprint density at radius 2 is 1.83 bits per heavy atom. The van der Waals surface area contributed by atoms with Crippen LogP contribution in [0.4, 0.5) is 14.5 Å². The summed E-state index contributed by atoms with van der Waals surface area (Å²) < 4.78 is 25.0. The monoisotopic (exact) mass is 173 g/mol. The summed E-state index contributed by atoms with van der Waals surface area (Å²) in [4.78, 5) is 0. The first-order chi connectivity index (χ1) is 5.52. The van der Waals surface area contributed by atoms with Gasteiger partial charge in [-0.1, -0.05) is 0 Å². The fraction of sp³-hybridized carbons (Fsp3) is 0. The molecule has 1 rings (SSSR count). The Kier molecular flexibility index (Phi) is 2.30. The molecule has 0 unspecified atom stereocenters. The van der Waals surface area contributed by atoms with Gasteiger partial charge in [-0.05, 0) is 17.6 Å². The molecule has 0 amide bonds. The summed E-state index contributed by atoms with van der Waals surface area (Å²) in [7, 11) is -1.84. The van der Waals surface area contributed by atoms with E-state index in [1.165, 1.54) is 0 Å². The van der Waals surface area contributed by atoms with Crippen LogP contribution in [0.15, 0.2) is 12.1 Å². The third-order valence-corrected chi connectivity index (χ3v) is 1.38. The largest absolute Gasteiger partial charge is 0.488 e. The predicted molar refractivity (Wildman–Crippen MR) is 40.6 cm³/mol. The third-order valence-electron chi connectivity index (χ3n) is 1.38. The maximum atomic E-state index is 12.5. The third kappa shape index (κ3) is 1.54. The molecule has 6 heteroatoms. The molecule has 0 radical (unpaired) electrons. The number of hydrogen-bond donors (Lipinski definition) is 3. The number of anilines is 1. The first-order valence-corrected chi connectivity index (χ1v) is 3.13. The molecular weight excluding hydrogens is 167 g/mol. The Balaban J connectivity index is 3.21. The summed E-state index contributed by atoms with van der Waals surface area (Å²) in [5.74, 6) is -2.38. The van der Waals surface area contributed by atoms with E-state index in [9.17, 15) is 8.78 Å². The van der Waals surface area contributed by atoms with Gasteiger partial charge in [-0.2, -0.15) is 0 Å². The van der Waals surface area contributed by atoms with Gasteiger partial charge in [0, 0.05) is 0 Å². The molecule has 0 aliphatic heterocycles. The van der Waals surface area contributed by atoms with Gasteiger partial charge in [0.1, 0.15) is 0 Å². The second-order valence-electron chi connectivity index (χ2n) is 2.28. The van der Waals surface area contributed by atoms with Crippen LogP contribution in [0.2, 0.25) is 0 Å². The summed E-state index contributed by atoms with van der Waals surface area (Å²) in [6, 6.07) is 1.64. The van der Waals surface area contributed by atoms with Crippen LogP contribution in [-0.2, 0) is 0 Å². The Hall–Kier alpha value is -1.14. The smallest absolute Gasteiger partial charge is 0.423 e. The number of halogens is 2. The van der Waals surface area contributed by atoms with E-state index in [-0.39, 0.29) is 5.46 Å². The van der Waals surface area contributed by atoms with Gasteiger partial charge >= 0.3 is 7.12 Å². The second-order valence-corrected chi connectivity index (χ2v) is 2.28. The molecule has 0 saturated carbocycles. The molecule has 4 N–H and O–H groups in total. The summed E-state index contributed by atoms with van der Waals surface area (Å²) in [5, 5.41) is 17.1. The standard InChI is InChI=1S/C6H6BF2NO2/c8-4-1-3(7(11)12)2-5(10)6(4)9/h1-2,11-12H,10H2. The minimum absolute atomic E-state index is 0.175. The van der Waals surface area contributed by atoms with Gasteiger partial charge < -0.3 is 15.8 Å². The molecule has 0 bridgehead atoms. The quantitative estimate of drug-likeness (QED) is 0.385. The van der Waals surface area contributed by atoms with Crippen molar-refractivity contribution in [3.05, 3.63) is 23.8 Å². The molecule has 0 spiro atoms. The molecular formula is C6H6BF2NO2. The summed E-state index contributed by atoms with van der Waals surface area (Å²) in [5.41, 5.74) is 4.40. The average Bonchev–Trinajstić information content (AvgIpc) is 1.99. The Bertz CT molecular complexity index is 283. The molecule has 64 valence electrons. The van der Waals surface area contributed by atoms with E-state index in [1.807, 2.05) is 0 Å². The van der Waals surface area contributed by atoms with E-state index in [2.05, 4.69) is 0 Å². The van der Waals surface area contributed by atoms with Crippen molar-refractivity contribution >= 4 is 18.3 Å². The molecule has 0 aromatic heterocycles. The lowest BCUT2D eigenvalue weighted by molar-refractivity contribution is 0.425. The van der Waals surface area contributed by atoms with Crippen LogP contribution >= 0.6 is 0 Å². The van der Waals surface area contributed by atoms with Crippen molar-refractivity contribution in [3.8, 4) is 0 Å². The molecule has 0 fully saturated rings. The molecule has 0 atom stereocenters. The molecule has 1 aromatic carbocycles. The Morgan fingerprint density at radius 3 is 2.25 bits per heavy atom. The highest BCUT2D eigenvalue weighted by Gasteiger charge is 2.16. The van der Waals surface area contributed by atoms with Crippen molar-refractivity contribution in [2.45, 2.75) is 0 Å². The number of nitrogen functional groups attached to an aromatic ring is 1. The fourth-order valence-corrected chi connectivity index (χ4v) is 0.781. The molecule has 12 heavy (non-hydrogen) atoms. The summed E-state index contributed by atoms with van der Waals surface area (Å²) >= 11 is 0. The molecule has 0 aliphatic rings. The van der Waals surface area contributed by atoms with Gasteiger partial charge in [-0.15, -0.1) is 0 Å². The lowest BCUT2D eigenvalue weighted by atomic mass is 9.80. The Morgan fingerprint density at radius 1 is 1.25 bits per heavy atom. The highest BCUT2D eigenvalue weighted by molar-refractivity contribution is 6.58. The number of nitrogens with two attached hydrogens (primary N) is 1. The maximum absolute atomic E-state index is 12.5. The molecule has 1 aromatic rings. The van der Waals surface area contributed by atoms with Gasteiger partial charge in [0.25, 0.3) is 0 Å². The maximum Gasteiger partial charge on any atom is 0.488 e. The first-order valence-electron chi connectivity index (χ1n) is 3.13. The highest BCUT2D eigenvalue weighted by atomic mass is 19.2. The van der Waals surface area contributed by atoms with Crippen LogP contribution in [-0.4, -0.2) is 17.2 Å². The van der Waals surface area contributed by atoms with E-state index < -0.39 is 24.4 Å². The minimum Gasteiger partial charge on any atom is -0.423 e. The average molecular weight is 173 g/mol. The van der Waals surface area contributed by atoms with Crippen molar-refractivity contribution in [2.75, 3.05) is 5.73 Å². The van der Waals surface area contributed by atoms with Crippen molar-refractivity contribution in [3.63, 3.8) is 0 Å². The zero-order chi connectivity index (χ0) is 9.30. The topological polar surface area (TPSA) is 66.5 Å². The van der Waals surface area contributed by atoms with Gasteiger partial charge in [0.05, 0.1) is 5.69 Å². The Labute approximate surface area is 67.6 Å². The van der Waals surface area contributed by atoms with Crippen LogP contribution in [0, 0.1) is 11.6 Å². The van der Waals surface area contributed by atoms with E-state index >= 15 is 0 Å². The highest BCUT2D eigenvalue weighted by Crippen LogP contribution is 2.11. The zero-order valence-corrected chi connectivity index (χ0v) is 5.96. The van der Waals surface area contributed by atoms with Crippen LogP contribution in [0.3, 0.4) is 0 Å². The molecule has 0 heterocycles. The SMILES string of the molecule is Nc1cc(B(O)O)cc(F)c1F. The molecule has 0 aliphatic carbocycles. The zero-order valence-electron chi connectivity index (χ0n) is 5.96. The summed E-state index contributed by atoms with van der Waals surface area (Å²) in [6.07, 6.45) is 0. The number of rotatable bonds is 1. The van der Waals surface area contributed by atoms with Gasteiger partial charge in [0.15, 0.2) is 11.6 Å². The van der Waals surface area contributed by atoms with E-state index in [4.69, 9.17) is 15.8 Å². The molecule has 0 saturated heterocycles. The van der Waals surface area contributed by atoms with Gasteiger partial charge in [-0.3, -0.25) is 0 Å². The summed E-state index contributed by atoms with van der Waals surface area (Å²) in [6.45, 7) is 0. The van der Waals surface area contributed by atoms with Crippen molar-refractivity contribution in [2.24, 2.45) is 0 Å². The normalized spacial score (nSPS) is 10.0. The van der Waals surface area contributed by atoms with Crippen LogP contribution in [0.25, 0.3) is 0 Å². The predicted octanol–water partition coefficient (Wildman–Crippen LogP) is -0.773. The molecule has 3 nitrogen and oxygen atoms in total. The lowest BCUT2D eigenvalue weighted by Gasteiger charge is -2.02. The van der Waals surface area contributed by atoms with Crippen LogP contribution < -0.4 is 11.2 Å². The van der Waals surface area contributed by atoms with Gasteiger partial charge in [0.2, 0.25) is 0 Å². The van der Waals surface area contributed by atoms with Crippen LogP contribution in [0.5, 0.6) is 0 Å². The van der Waals surface area contributed by atoms with E-state index in [0.717, 1.165) is 6.07 Å². The number of benzene rings is 1.